The maximum absolute atomic E-state index is 12.8. The van der Waals surface area contributed by atoms with Crippen LogP contribution in [0, 0.1) is 0 Å². The lowest BCUT2D eigenvalue weighted by molar-refractivity contribution is 0.146. The molecule has 0 bridgehead atoms. The summed E-state index contributed by atoms with van der Waals surface area (Å²) in [7, 11) is -1.77. The molecule has 0 amide bonds. The van der Waals surface area contributed by atoms with Crippen molar-refractivity contribution < 1.29 is 35.8 Å². The Kier molecular flexibility index (Phi) is 6.14. The second-order valence-corrected chi connectivity index (χ2v) is 7.27. The van der Waals surface area contributed by atoms with E-state index in [1.165, 1.54) is 20.3 Å². The molecule has 3 aromatic heterocycles. The van der Waals surface area contributed by atoms with Gasteiger partial charge in [0, 0.05) is 11.6 Å². The molecular formula is C16H16F3N5O5S. The molecule has 0 spiro atoms. The molecule has 0 aromatic carbocycles. The fourth-order valence-electron chi connectivity index (χ4n) is 2.51. The highest BCUT2D eigenvalue weighted by Crippen LogP contribution is 2.35. The normalized spacial score (nSPS) is 11.7. The van der Waals surface area contributed by atoms with Crippen molar-refractivity contribution in [2.24, 2.45) is 0 Å². The number of hydrogen-bond acceptors (Lipinski definition) is 8. The molecule has 3 heterocycles. The molecular weight excluding hydrogens is 431 g/mol. The molecule has 0 saturated heterocycles. The first-order chi connectivity index (χ1) is 14.3. The van der Waals surface area contributed by atoms with Crippen LogP contribution < -0.4 is 18.9 Å². The highest BCUT2D eigenvalue weighted by molar-refractivity contribution is 7.93. The number of methoxy groups -OCH3 is 2. The Bertz CT molecular complexity index is 1130. The van der Waals surface area contributed by atoms with E-state index in [9.17, 15) is 21.6 Å². The lowest BCUT2D eigenvalue weighted by Crippen LogP contribution is -2.16. The number of anilines is 1. The van der Waals surface area contributed by atoms with Gasteiger partial charge in [0.05, 0.1) is 14.2 Å². The standard InChI is InChI=1S/C16H16F3N5O5S/c1-27-14-11(29-6-5-17)15(28-2)23-16(22-14)24-30(25,26)10-7-20-13-8(10)3-4-9(21-13)12(18)19/h3-4,7,12H,5-6H2,1-2H3,(H,20,21)(H,22,23,24). The molecule has 0 fully saturated rings. The molecule has 0 radical (unpaired) electrons. The van der Waals surface area contributed by atoms with Gasteiger partial charge in [0.15, 0.2) is 0 Å². The van der Waals surface area contributed by atoms with Gasteiger partial charge in [-0.3, -0.25) is 0 Å². The Morgan fingerprint density at radius 1 is 1.13 bits per heavy atom. The molecule has 3 rings (SSSR count). The van der Waals surface area contributed by atoms with Crippen LogP contribution in [0.25, 0.3) is 11.0 Å². The number of rotatable bonds is 9. The van der Waals surface area contributed by atoms with Gasteiger partial charge in [-0.25, -0.2) is 31.3 Å². The Hall–Kier alpha value is -3.29. The molecule has 0 aliphatic rings. The van der Waals surface area contributed by atoms with Crippen molar-refractivity contribution in [3.05, 3.63) is 24.0 Å². The average Bonchev–Trinajstić information content (AvgIpc) is 3.16. The maximum Gasteiger partial charge on any atom is 0.280 e. The summed E-state index contributed by atoms with van der Waals surface area (Å²) < 4.78 is 81.0. The van der Waals surface area contributed by atoms with E-state index >= 15 is 0 Å². The van der Waals surface area contributed by atoms with E-state index in [4.69, 9.17) is 14.2 Å². The zero-order valence-electron chi connectivity index (χ0n) is 15.6. The van der Waals surface area contributed by atoms with Crippen LogP contribution >= 0.6 is 0 Å². The molecule has 0 aliphatic heterocycles. The third-order valence-corrected chi connectivity index (χ3v) is 5.14. The highest BCUT2D eigenvalue weighted by atomic mass is 32.2. The third-order valence-electron chi connectivity index (χ3n) is 3.77. The van der Waals surface area contributed by atoms with Crippen molar-refractivity contribution in [3.63, 3.8) is 0 Å². The number of ether oxygens (including phenoxy) is 3. The van der Waals surface area contributed by atoms with Gasteiger partial charge >= 0.3 is 0 Å². The van der Waals surface area contributed by atoms with Crippen LogP contribution in [0.15, 0.2) is 23.2 Å². The zero-order valence-corrected chi connectivity index (χ0v) is 16.5. The van der Waals surface area contributed by atoms with E-state index in [0.717, 1.165) is 12.3 Å². The summed E-state index contributed by atoms with van der Waals surface area (Å²) in [6.07, 6.45) is -1.70. The van der Waals surface area contributed by atoms with Crippen molar-refractivity contribution >= 4 is 27.0 Å². The molecule has 14 heteroatoms. The number of hydrogen-bond donors (Lipinski definition) is 2. The van der Waals surface area contributed by atoms with E-state index in [2.05, 4.69) is 24.7 Å². The smallest absolute Gasteiger partial charge is 0.280 e. The Labute approximate surface area is 168 Å². The van der Waals surface area contributed by atoms with Gasteiger partial charge in [0.25, 0.3) is 28.2 Å². The summed E-state index contributed by atoms with van der Waals surface area (Å²) in [6, 6.07) is 2.24. The van der Waals surface area contributed by atoms with E-state index in [1.54, 1.807) is 0 Å². The Morgan fingerprint density at radius 3 is 2.37 bits per heavy atom. The van der Waals surface area contributed by atoms with Crippen LogP contribution in [-0.4, -0.2) is 55.9 Å². The van der Waals surface area contributed by atoms with Gasteiger partial charge < -0.3 is 19.2 Å². The minimum atomic E-state index is -4.26. The number of pyridine rings is 1. The maximum atomic E-state index is 12.8. The highest BCUT2D eigenvalue weighted by Gasteiger charge is 2.25. The number of nitrogens with one attached hydrogen (secondary N) is 2. The number of aromatic nitrogens is 4. The summed E-state index contributed by atoms with van der Waals surface area (Å²) in [5.74, 6) is -0.885. The minimum absolute atomic E-state index is 0.0285. The predicted octanol–water partition coefficient (Wildman–Crippen LogP) is 2.46. The Morgan fingerprint density at radius 2 is 1.80 bits per heavy atom. The van der Waals surface area contributed by atoms with Gasteiger partial charge in [-0.05, 0) is 12.1 Å². The van der Waals surface area contributed by atoms with Gasteiger partial charge in [-0.2, -0.15) is 9.97 Å². The van der Waals surface area contributed by atoms with Crippen molar-refractivity contribution in [1.29, 1.82) is 0 Å². The van der Waals surface area contributed by atoms with Crippen molar-refractivity contribution in [3.8, 4) is 17.5 Å². The lowest BCUT2D eigenvalue weighted by atomic mass is 10.3. The van der Waals surface area contributed by atoms with Gasteiger partial charge in [-0.15, -0.1) is 0 Å². The summed E-state index contributed by atoms with van der Waals surface area (Å²) >= 11 is 0. The molecule has 30 heavy (non-hydrogen) atoms. The first-order valence-corrected chi connectivity index (χ1v) is 9.76. The largest absolute Gasteiger partial charge is 0.481 e. The van der Waals surface area contributed by atoms with Gasteiger partial charge in [0.2, 0.25) is 11.7 Å². The van der Waals surface area contributed by atoms with Crippen LogP contribution in [-0.2, 0) is 10.0 Å². The monoisotopic (exact) mass is 447 g/mol. The summed E-state index contributed by atoms with van der Waals surface area (Å²) in [5, 5.41) is 0.0914. The lowest BCUT2D eigenvalue weighted by Gasteiger charge is -2.14. The van der Waals surface area contributed by atoms with E-state index in [-0.39, 0.29) is 40.0 Å². The Balaban J connectivity index is 1.98. The topological polar surface area (TPSA) is 128 Å². The number of nitrogens with zero attached hydrogens (tertiary/aromatic N) is 3. The number of fused-ring (bicyclic) bond motifs is 1. The molecule has 2 N–H and O–H groups in total. The van der Waals surface area contributed by atoms with Gasteiger partial charge in [0.1, 0.15) is 29.5 Å². The van der Waals surface area contributed by atoms with E-state index in [0.29, 0.717) is 0 Å². The molecule has 10 nitrogen and oxygen atoms in total. The fraction of sp³-hybridized carbons (Fsp3) is 0.312. The van der Waals surface area contributed by atoms with E-state index < -0.39 is 34.8 Å². The molecule has 0 aliphatic carbocycles. The second-order valence-electron chi connectivity index (χ2n) is 5.62. The zero-order chi connectivity index (χ0) is 21.9. The summed E-state index contributed by atoms with van der Waals surface area (Å²) in [6.45, 7) is -1.10. The number of sulfonamides is 1. The van der Waals surface area contributed by atoms with Crippen molar-refractivity contribution in [1.82, 2.24) is 19.9 Å². The van der Waals surface area contributed by atoms with Crippen molar-refractivity contribution in [2.75, 3.05) is 32.2 Å². The van der Waals surface area contributed by atoms with Crippen LogP contribution in [0.3, 0.4) is 0 Å². The number of halogens is 3. The second kappa shape index (κ2) is 8.61. The minimum Gasteiger partial charge on any atom is -0.481 e. The van der Waals surface area contributed by atoms with Crippen molar-refractivity contribution in [2.45, 2.75) is 11.3 Å². The molecule has 0 atom stereocenters. The number of aromatic amines is 1. The van der Waals surface area contributed by atoms with Crippen LogP contribution in [0.1, 0.15) is 12.1 Å². The molecule has 0 unspecified atom stereocenters. The number of alkyl halides is 3. The first kappa shape index (κ1) is 21.4. The summed E-state index contributed by atoms with van der Waals surface area (Å²) in [5.41, 5.74) is -0.526. The SMILES string of the molecule is COc1nc(NS(=O)(=O)c2c[nH]c3nc(C(F)F)ccc23)nc(OC)c1OCCF. The first-order valence-electron chi connectivity index (χ1n) is 8.28. The quantitative estimate of drug-likeness (QED) is 0.512. The molecule has 3 aromatic rings. The third kappa shape index (κ3) is 4.17. The molecule has 0 saturated carbocycles. The summed E-state index contributed by atoms with van der Waals surface area (Å²) in [4.78, 5) is 13.8. The predicted molar refractivity (Wildman–Crippen MR) is 98.5 cm³/mol. The van der Waals surface area contributed by atoms with E-state index in [1.807, 2.05) is 0 Å². The average molecular weight is 447 g/mol. The molecule has 162 valence electrons. The van der Waals surface area contributed by atoms with Crippen LogP contribution in [0.4, 0.5) is 19.1 Å². The van der Waals surface area contributed by atoms with Crippen LogP contribution in [0.5, 0.6) is 17.5 Å². The number of H-pyrrole nitrogens is 1. The fourth-order valence-corrected chi connectivity index (χ4v) is 3.62. The van der Waals surface area contributed by atoms with Gasteiger partial charge in [-0.1, -0.05) is 0 Å². The van der Waals surface area contributed by atoms with Crippen LogP contribution in [0.2, 0.25) is 0 Å².